The molecule has 0 spiro atoms. The van der Waals surface area contributed by atoms with Crippen molar-refractivity contribution < 1.29 is 24.3 Å². The summed E-state index contributed by atoms with van der Waals surface area (Å²) in [6.07, 6.45) is 0. The van der Waals surface area contributed by atoms with E-state index in [1.165, 1.54) is 27.0 Å². The van der Waals surface area contributed by atoms with Crippen LogP contribution in [0.2, 0.25) is 0 Å². The molecule has 2 aromatic rings. The number of aryl methyl sites for hydroxylation is 1. The Morgan fingerprint density at radius 3 is 2.57 bits per heavy atom. The number of amides is 1. The monoisotopic (exact) mass is 414 g/mol. The molecule has 2 aromatic carbocycles. The molecule has 0 bridgehead atoms. The molecular formula is C22H30N4O4+2. The number of carbonyl (C=O) groups excluding carboxylic acids is 1. The highest BCUT2D eigenvalue weighted by atomic mass is 16.6. The molecule has 3 rings (SSSR count). The van der Waals surface area contributed by atoms with Crippen LogP contribution < -0.4 is 19.9 Å². The van der Waals surface area contributed by atoms with Crippen molar-refractivity contribution in [1.82, 2.24) is 0 Å². The molecule has 0 aliphatic carbocycles. The molecule has 30 heavy (non-hydrogen) atoms. The van der Waals surface area contributed by atoms with Gasteiger partial charge in [0.05, 0.1) is 12.0 Å². The maximum Gasteiger partial charge on any atom is 0.292 e. The van der Waals surface area contributed by atoms with E-state index in [-0.39, 0.29) is 23.3 Å². The number of ether oxygens (including phenoxy) is 1. The first-order valence-corrected chi connectivity index (χ1v) is 10.2. The fraction of sp³-hybridized carbons (Fsp3) is 0.409. The van der Waals surface area contributed by atoms with E-state index in [1.54, 1.807) is 25.3 Å². The summed E-state index contributed by atoms with van der Waals surface area (Å²) in [4.78, 5) is 26.1. The molecule has 0 unspecified atom stereocenters. The number of para-hydroxylation sites is 2. The van der Waals surface area contributed by atoms with Crippen LogP contribution in [0.4, 0.5) is 11.4 Å². The molecule has 1 saturated heterocycles. The first-order valence-electron chi connectivity index (χ1n) is 10.2. The maximum absolute atomic E-state index is 12.7. The zero-order valence-corrected chi connectivity index (χ0v) is 17.7. The Balaban J connectivity index is 1.56. The van der Waals surface area contributed by atoms with Crippen LogP contribution >= 0.6 is 0 Å². The predicted molar refractivity (Wildman–Crippen MR) is 114 cm³/mol. The van der Waals surface area contributed by atoms with E-state index in [0.717, 1.165) is 38.5 Å². The number of benzene rings is 2. The fourth-order valence-corrected chi connectivity index (χ4v) is 4.01. The lowest BCUT2D eigenvalue weighted by Gasteiger charge is -2.32. The summed E-state index contributed by atoms with van der Waals surface area (Å²) < 4.78 is 5.50. The number of nitro groups is 1. The minimum atomic E-state index is -0.477. The number of hydrogen-bond donors (Lipinski definition) is 3. The standard InChI is InChI=1S/C22H28N4O4/c1-16-8-9-21(30-3)18(14-16)15-24-10-12-25(13-11-24)17(2)22(27)23-19-6-4-5-7-20(19)26(28)29/h4-9,14,17H,10-13,15H2,1-3H3,(H,23,27)/p+2/t17-/m1/s1. The van der Waals surface area contributed by atoms with Gasteiger partial charge < -0.3 is 19.9 Å². The number of nitro benzene ring substituents is 1. The molecule has 1 heterocycles. The Bertz CT molecular complexity index is 910. The molecule has 1 atom stereocenters. The van der Waals surface area contributed by atoms with Crippen LogP contribution in [0.1, 0.15) is 18.1 Å². The predicted octanol–water partition coefficient (Wildman–Crippen LogP) is 0.222. The molecule has 8 heteroatoms. The normalized spacial score (nSPS) is 19.7. The van der Waals surface area contributed by atoms with Crippen LogP contribution in [0.3, 0.4) is 0 Å². The Labute approximate surface area is 176 Å². The topological polar surface area (TPSA) is 90.4 Å². The number of quaternary nitrogens is 2. The van der Waals surface area contributed by atoms with E-state index < -0.39 is 4.92 Å². The summed E-state index contributed by atoms with van der Waals surface area (Å²) in [6, 6.07) is 12.2. The second kappa shape index (κ2) is 9.69. The molecule has 8 nitrogen and oxygen atoms in total. The number of hydrogen-bond acceptors (Lipinski definition) is 4. The Morgan fingerprint density at radius 1 is 1.20 bits per heavy atom. The SMILES string of the molecule is COc1ccc(C)cc1C[NH+]1CC[NH+]([C@H](C)C(=O)Nc2ccccc2[N+](=O)[O-])CC1. The summed E-state index contributed by atoms with van der Waals surface area (Å²) >= 11 is 0. The first kappa shape index (κ1) is 21.7. The molecule has 1 amide bonds. The molecule has 0 radical (unpaired) electrons. The second-order valence-corrected chi connectivity index (χ2v) is 7.89. The van der Waals surface area contributed by atoms with Crippen molar-refractivity contribution in [2.75, 3.05) is 38.6 Å². The van der Waals surface area contributed by atoms with E-state index in [0.29, 0.717) is 0 Å². The van der Waals surface area contributed by atoms with Gasteiger partial charge in [0, 0.05) is 11.6 Å². The van der Waals surface area contributed by atoms with Crippen molar-refractivity contribution >= 4 is 17.3 Å². The minimum absolute atomic E-state index is 0.0885. The Kier molecular flexibility index (Phi) is 7.02. The van der Waals surface area contributed by atoms with Gasteiger partial charge in [0.15, 0.2) is 6.04 Å². The average Bonchev–Trinajstić information content (AvgIpc) is 2.74. The fourth-order valence-electron chi connectivity index (χ4n) is 4.01. The molecule has 3 N–H and O–H groups in total. The Morgan fingerprint density at radius 2 is 1.90 bits per heavy atom. The molecular weight excluding hydrogens is 384 g/mol. The van der Waals surface area contributed by atoms with Gasteiger partial charge in [-0.05, 0) is 32.0 Å². The average molecular weight is 415 g/mol. The van der Waals surface area contributed by atoms with E-state index in [4.69, 9.17) is 4.74 Å². The highest BCUT2D eigenvalue weighted by Crippen LogP contribution is 2.23. The third-order valence-corrected chi connectivity index (χ3v) is 5.84. The highest BCUT2D eigenvalue weighted by molar-refractivity contribution is 5.95. The quantitative estimate of drug-likeness (QED) is 0.447. The zero-order chi connectivity index (χ0) is 21.7. The summed E-state index contributed by atoms with van der Waals surface area (Å²) in [5, 5.41) is 13.9. The van der Waals surface area contributed by atoms with Gasteiger partial charge in [0.1, 0.15) is 44.2 Å². The van der Waals surface area contributed by atoms with Gasteiger partial charge in [0.25, 0.3) is 11.6 Å². The lowest BCUT2D eigenvalue weighted by Crippen LogP contribution is -3.29. The summed E-state index contributed by atoms with van der Waals surface area (Å²) in [5.41, 5.74) is 2.58. The third-order valence-electron chi connectivity index (χ3n) is 5.84. The van der Waals surface area contributed by atoms with Crippen LogP contribution in [-0.2, 0) is 11.3 Å². The van der Waals surface area contributed by atoms with Crippen molar-refractivity contribution in [2.45, 2.75) is 26.4 Å². The van der Waals surface area contributed by atoms with Gasteiger partial charge >= 0.3 is 0 Å². The van der Waals surface area contributed by atoms with Crippen molar-refractivity contribution in [1.29, 1.82) is 0 Å². The van der Waals surface area contributed by atoms with Crippen molar-refractivity contribution in [3.8, 4) is 5.75 Å². The van der Waals surface area contributed by atoms with Crippen molar-refractivity contribution in [2.24, 2.45) is 0 Å². The Hall–Kier alpha value is -2.97. The summed E-state index contributed by atoms with van der Waals surface area (Å²) in [6.45, 7) is 8.51. The summed E-state index contributed by atoms with van der Waals surface area (Å²) in [5.74, 6) is 0.725. The minimum Gasteiger partial charge on any atom is -0.496 e. The van der Waals surface area contributed by atoms with Crippen LogP contribution in [0, 0.1) is 17.0 Å². The number of anilines is 1. The number of rotatable bonds is 7. The largest absolute Gasteiger partial charge is 0.496 e. The van der Waals surface area contributed by atoms with Crippen LogP contribution in [-0.4, -0.2) is 50.2 Å². The van der Waals surface area contributed by atoms with Gasteiger partial charge in [-0.1, -0.05) is 23.8 Å². The van der Waals surface area contributed by atoms with Gasteiger partial charge in [-0.2, -0.15) is 0 Å². The van der Waals surface area contributed by atoms with Crippen LogP contribution in [0.15, 0.2) is 42.5 Å². The van der Waals surface area contributed by atoms with Crippen LogP contribution in [0.5, 0.6) is 5.75 Å². The molecule has 0 saturated carbocycles. The molecule has 1 fully saturated rings. The number of piperazine rings is 1. The van der Waals surface area contributed by atoms with Gasteiger partial charge in [-0.15, -0.1) is 0 Å². The number of methoxy groups -OCH3 is 1. The molecule has 160 valence electrons. The number of nitrogens with zero attached hydrogens (tertiary/aromatic N) is 1. The van der Waals surface area contributed by atoms with Gasteiger partial charge in [-0.3, -0.25) is 14.9 Å². The zero-order valence-electron chi connectivity index (χ0n) is 17.7. The van der Waals surface area contributed by atoms with Crippen LogP contribution in [0.25, 0.3) is 0 Å². The van der Waals surface area contributed by atoms with Crippen molar-refractivity contribution in [3.05, 3.63) is 63.7 Å². The second-order valence-electron chi connectivity index (χ2n) is 7.89. The summed E-state index contributed by atoms with van der Waals surface area (Å²) in [7, 11) is 1.70. The number of nitrogens with one attached hydrogen (secondary N) is 3. The third kappa shape index (κ3) is 5.14. The molecule has 0 aromatic heterocycles. The molecule has 1 aliphatic heterocycles. The van der Waals surface area contributed by atoms with Gasteiger partial charge in [0.2, 0.25) is 0 Å². The molecule has 1 aliphatic rings. The van der Waals surface area contributed by atoms with Gasteiger partial charge in [-0.25, -0.2) is 0 Å². The first-order chi connectivity index (χ1) is 14.4. The lowest BCUT2D eigenvalue weighted by atomic mass is 10.1. The smallest absolute Gasteiger partial charge is 0.292 e. The van der Waals surface area contributed by atoms with Crippen molar-refractivity contribution in [3.63, 3.8) is 0 Å². The van der Waals surface area contributed by atoms with E-state index in [2.05, 4.69) is 24.4 Å². The maximum atomic E-state index is 12.7. The van der Waals surface area contributed by atoms with E-state index in [1.807, 2.05) is 13.0 Å². The lowest BCUT2D eigenvalue weighted by molar-refractivity contribution is -1.02. The number of carbonyl (C=O) groups is 1. The van der Waals surface area contributed by atoms with E-state index in [9.17, 15) is 14.9 Å². The van der Waals surface area contributed by atoms with E-state index >= 15 is 0 Å². The highest BCUT2D eigenvalue weighted by Gasteiger charge is 2.32.